The molecule has 0 N–H and O–H groups in total. The number of aromatic nitrogens is 1. The number of nitrogens with zero attached hydrogens (tertiary/aromatic N) is 1. The Morgan fingerprint density at radius 1 is 0.824 bits per heavy atom. The van der Waals surface area contributed by atoms with Crippen LogP contribution in [0.2, 0.25) is 0 Å². The van der Waals surface area contributed by atoms with Crippen molar-refractivity contribution in [1.82, 2.24) is 4.98 Å². The number of pyridine rings is 1. The highest BCUT2D eigenvalue weighted by atomic mass is 14.6. The van der Waals surface area contributed by atoms with Crippen LogP contribution < -0.4 is 0 Å². The van der Waals surface area contributed by atoms with E-state index >= 15 is 0 Å². The van der Waals surface area contributed by atoms with Crippen molar-refractivity contribution in [2.45, 2.75) is 6.92 Å². The molecule has 82 valence electrons. The van der Waals surface area contributed by atoms with E-state index in [2.05, 4.69) is 48.3 Å². The van der Waals surface area contributed by atoms with Gasteiger partial charge in [0.05, 0.1) is 5.52 Å². The van der Waals surface area contributed by atoms with Gasteiger partial charge in [0.2, 0.25) is 0 Å². The lowest BCUT2D eigenvalue weighted by atomic mass is 10.0. The van der Waals surface area contributed by atoms with E-state index in [0.717, 1.165) is 5.52 Å². The lowest BCUT2D eigenvalue weighted by Crippen LogP contribution is -1.82. The Labute approximate surface area is 101 Å². The molecule has 0 aliphatic rings. The van der Waals surface area contributed by atoms with Gasteiger partial charge in [0, 0.05) is 17.1 Å². The number of hydrogen-bond donors (Lipinski definition) is 0. The van der Waals surface area contributed by atoms with Gasteiger partial charge in [-0.25, -0.2) is 0 Å². The molecule has 0 saturated heterocycles. The molecule has 1 aromatic heterocycles. The Hall–Kier alpha value is -2.15. The maximum atomic E-state index is 4.48. The highest BCUT2D eigenvalue weighted by Crippen LogP contribution is 2.22. The van der Waals surface area contributed by atoms with E-state index in [-0.39, 0.29) is 0 Å². The van der Waals surface area contributed by atoms with Crippen molar-refractivity contribution >= 4 is 10.9 Å². The molecule has 1 heteroatoms. The molecule has 0 aliphatic heterocycles. The molecule has 0 unspecified atom stereocenters. The molecule has 0 radical (unpaired) electrons. The molecule has 0 amide bonds. The SMILES string of the molecule is Cc1ccc(-c2cnc3ccccc3c2)cc1. The Balaban J connectivity index is 2.14. The van der Waals surface area contributed by atoms with Gasteiger partial charge in [0.15, 0.2) is 0 Å². The van der Waals surface area contributed by atoms with Gasteiger partial charge in [0.1, 0.15) is 0 Å². The highest BCUT2D eigenvalue weighted by molar-refractivity contribution is 5.83. The van der Waals surface area contributed by atoms with Crippen LogP contribution in [0.3, 0.4) is 0 Å². The van der Waals surface area contributed by atoms with Crippen molar-refractivity contribution in [3.05, 3.63) is 66.4 Å². The van der Waals surface area contributed by atoms with Crippen LogP contribution in [0.5, 0.6) is 0 Å². The van der Waals surface area contributed by atoms with Crippen LogP contribution in [0, 0.1) is 6.92 Å². The Morgan fingerprint density at radius 3 is 2.41 bits per heavy atom. The van der Waals surface area contributed by atoms with Crippen LogP contribution in [0.1, 0.15) is 5.56 Å². The molecular weight excluding hydrogens is 206 g/mol. The first-order valence-corrected chi connectivity index (χ1v) is 5.75. The Morgan fingerprint density at radius 2 is 1.59 bits per heavy atom. The fraction of sp³-hybridized carbons (Fsp3) is 0.0625. The second kappa shape index (κ2) is 4.02. The summed E-state index contributed by atoms with van der Waals surface area (Å²) in [4.78, 5) is 4.48. The van der Waals surface area contributed by atoms with Crippen LogP contribution in [0.25, 0.3) is 22.0 Å². The van der Waals surface area contributed by atoms with Gasteiger partial charge in [-0.15, -0.1) is 0 Å². The lowest BCUT2D eigenvalue weighted by Gasteiger charge is -2.03. The molecule has 17 heavy (non-hydrogen) atoms. The second-order valence-corrected chi connectivity index (χ2v) is 4.28. The van der Waals surface area contributed by atoms with Crippen molar-refractivity contribution in [1.29, 1.82) is 0 Å². The van der Waals surface area contributed by atoms with Gasteiger partial charge >= 0.3 is 0 Å². The zero-order valence-electron chi connectivity index (χ0n) is 9.72. The molecule has 0 aliphatic carbocycles. The molecule has 0 atom stereocenters. The summed E-state index contributed by atoms with van der Waals surface area (Å²) in [6, 6.07) is 18.9. The molecule has 2 aromatic carbocycles. The number of rotatable bonds is 1. The number of para-hydroxylation sites is 1. The first-order valence-electron chi connectivity index (χ1n) is 5.75. The third-order valence-electron chi connectivity index (χ3n) is 2.98. The van der Waals surface area contributed by atoms with Crippen molar-refractivity contribution < 1.29 is 0 Å². The third-order valence-corrected chi connectivity index (χ3v) is 2.98. The van der Waals surface area contributed by atoms with Crippen LogP contribution >= 0.6 is 0 Å². The lowest BCUT2D eigenvalue weighted by molar-refractivity contribution is 1.40. The molecule has 0 saturated carbocycles. The number of hydrogen-bond acceptors (Lipinski definition) is 1. The van der Waals surface area contributed by atoms with Crippen molar-refractivity contribution in [3.63, 3.8) is 0 Å². The average Bonchev–Trinajstić information content (AvgIpc) is 2.39. The van der Waals surface area contributed by atoms with E-state index in [4.69, 9.17) is 0 Å². The summed E-state index contributed by atoms with van der Waals surface area (Å²) in [5.74, 6) is 0. The maximum absolute atomic E-state index is 4.48. The molecule has 0 fully saturated rings. The minimum Gasteiger partial charge on any atom is -0.256 e. The molecule has 3 rings (SSSR count). The van der Waals surface area contributed by atoms with Crippen LogP contribution in [-0.2, 0) is 0 Å². The monoisotopic (exact) mass is 219 g/mol. The average molecular weight is 219 g/mol. The molecule has 3 aromatic rings. The summed E-state index contributed by atoms with van der Waals surface area (Å²) in [7, 11) is 0. The van der Waals surface area contributed by atoms with E-state index in [0.29, 0.717) is 0 Å². The van der Waals surface area contributed by atoms with E-state index in [1.165, 1.54) is 22.1 Å². The third kappa shape index (κ3) is 1.92. The standard InChI is InChI=1S/C16H13N/c1-12-6-8-13(9-7-12)15-10-14-4-2-3-5-16(14)17-11-15/h2-11H,1H3. The smallest absolute Gasteiger partial charge is 0.0702 e. The fourth-order valence-corrected chi connectivity index (χ4v) is 1.97. The largest absolute Gasteiger partial charge is 0.256 e. The van der Waals surface area contributed by atoms with E-state index in [9.17, 15) is 0 Å². The first kappa shape index (κ1) is 10.0. The molecule has 0 spiro atoms. The molecular formula is C16H13N. The van der Waals surface area contributed by atoms with Crippen LogP contribution in [-0.4, -0.2) is 4.98 Å². The number of fused-ring (bicyclic) bond motifs is 1. The van der Waals surface area contributed by atoms with Gasteiger partial charge in [-0.3, -0.25) is 4.98 Å². The summed E-state index contributed by atoms with van der Waals surface area (Å²) < 4.78 is 0. The summed E-state index contributed by atoms with van der Waals surface area (Å²) in [6.07, 6.45) is 1.94. The second-order valence-electron chi connectivity index (χ2n) is 4.28. The van der Waals surface area contributed by atoms with Crippen molar-refractivity contribution in [3.8, 4) is 11.1 Å². The zero-order valence-corrected chi connectivity index (χ0v) is 9.72. The predicted molar refractivity (Wildman–Crippen MR) is 71.9 cm³/mol. The van der Waals surface area contributed by atoms with E-state index in [1.54, 1.807) is 0 Å². The number of aryl methyl sites for hydroxylation is 1. The van der Waals surface area contributed by atoms with Gasteiger partial charge in [0.25, 0.3) is 0 Å². The Bertz CT molecular complexity index is 654. The molecule has 1 heterocycles. The van der Waals surface area contributed by atoms with E-state index in [1.807, 2.05) is 24.4 Å². The highest BCUT2D eigenvalue weighted by Gasteiger charge is 1.99. The summed E-state index contributed by atoms with van der Waals surface area (Å²) in [5.41, 5.74) is 4.71. The topological polar surface area (TPSA) is 12.9 Å². The number of benzene rings is 2. The first-order chi connectivity index (χ1) is 8.33. The van der Waals surface area contributed by atoms with Crippen molar-refractivity contribution in [2.24, 2.45) is 0 Å². The van der Waals surface area contributed by atoms with Gasteiger partial charge in [-0.2, -0.15) is 0 Å². The Kier molecular flexibility index (Phi) is 2.37. The molecule has 1 nitrogen and oxygen atoms in total. The normalized spacial score (nSPS) is 10.6. The minimum atomic E-state index is 1.04. The van der Waals surface area contributed by atoms with Crippen molar-refractivity contribution in [2.75, 3.05) is 0 Å². The van der Waals surface area contributed by atoms with Crippen LogP contribution in [0.4, 0.5) is 0 Å². The van der Waals surface area contributed by atoms with Gasteiger partial charge in [-0.05, 0) is 24.6 Å². The van der Waals surface area contributed by atoms with Gasteiger partial charge < -0.3 is 0 Å². The zero-order chi connectivity index (χ0) is 11.7. The van der Waals surface area contributed by atoms with Crippen LogP contribution in [0.15, 0.2) is 60.8 Å². The fourth-order valence-electron chi connectivity index (χ4n) is 1.97. The summed E-state index contributed by atoms with van der Waals surface area (Å²) >= 11 is 0. The maximum Gasteiger partial charge on any atom is 0.0702 e. The predicted octanol–water partition coefficient (Wildman–Crippen LogP) is 4.21. The quantitative estimate of drug-likeness (QED) is 0.597. The summed E-state index contributed by atoms with van der Waals surface area (Å²) in [5, 5.41) is 1.19. The van der Waals surface area contributed by atoms with E-state index < -0.39 is 0 Å². The van der Waals surface area contributed by atoms with Gasteiger partial charge in [-0.1, -0.05) is 48.0 Å². The minimum absolute atomic E-state index is 1.04. The molecule has 0 bridgehead atoms. The summed E-state index contributed by atoms with van der Waals surface area (Å²) in [6.45, 7) is 2.10.